The Morgan fingerprint density at radius 1 is 1.83 bits per heavy atom. The van der Waals surface area contributed by atoms with Crippen LogP contribution < -0.4 is 5.09 Å². The van der Waals surface area contributed by atoms with Gasteiger partial charge >= 0.3 is 7.15 Å². The summed E-state index contributed by atoms with van der Waals surface area (Å²) >= 11 is 3.78. The second-order valence-electron chi connectivity index (χ2n) is 2.87. The molecule has 0 amide bonds. The first-order valence-corrected chi connectivity index (χ1v) is 6.38. The van der Waals surface area contributed by atoms with Gasteiger partial charge in [-0.2, -0.15) is 0 Å². The Morgan fingerprint density at radius 2 is 2.50 bits per heavy atom. The fourth-order valence-electron chi connectivity index (χ4n) is 1.44. The minimum absolute atomic E-state index is 0.0751. The molecule has 2 radical (unpaired) electrons. The van der Waals surface area contributed by atoms with Gasteiger partial charge in [-0.05, 0) is 17.4 Å². The molecule has 1 fully saturated rings. The van der Waals surface area contributed by atoms with E-state index in [2.05, 4.69) is 17.3 Å². The molecule has 1 saturated heterocycles. The van der Waals surface area contributed by atoms with E-state index in [0.717, 1.165) is 6.42 Å². The van der Waals surface area contributed by atoms with E-state index < -0.39 is 7.15 Å². The number of nitrogens with one attached hydrogen (secondary N) is 1. The molecule has 1 N–H and O–H groups in total. The molecule has 1 heterocycles. The monoisotopic (exact) mass is 204 g/mol. The van der Waals surface area contributed by atoms with Crippen LogP contribution in [0.25, 0.3) is 0 Å². The van der Waals surface area contributed by atoms with E-state index in [9.17, 15) is 4.57 Å². The Labute approximate surface area is 80.0 Å². The van der Waals surface area contributed by atoms with E-state index >= 15 is 0 Å². The van der Waals surface area contributed by atoms with E-state index in [1.807, 2.05) is 6.92 Å². The van der Waals surface area contributed by atoms with Crippen molar-refractivity contribution >= 4 is 27.2 Å². The number of rotatable bonds is 3. The number of ether oxygens (including phenoxy) is 1. The molecule has 1 aliphatic rings. The summed E-state index contributed by atoms with van der Waals surface area (Å²) in [6, 6.07) is -0.137. The van der Waals surface area contributed by atoms with Gasteiger partial charge in [-0.1, -0.05) is 12.0 Å². The molecule has 0 bridgehead atoms. The van der Waals surface area contributed by atoms with Gasteiger partial charge < -0.3 is 4.74 Å². The lowest BCUT2D eigenvalue weighted by molar-refractivity contribution is 0.0785. The van der Waals surface area contributed by atoms with Crippen LogP contribution in [0, 0.1) is 0 Å². The Morgan fingerprint density at radius 3 is 3.00 bits per heavy atom. The van der Waals surface area contributed by atoms with Crippen molar-refractivity contribution in [2.24, 2.45) is 0 Å². The lowest BCUT2D eigenvalue weighted by atomic mass is 9.95. The lowest BCUT2D eigenvalue weighted by Gasteiger charge is -2.11. The second-order valence-corrected chi connectivity index (χ2v) is 4.76. The van der Waals surface area contributed by atoms with E-state index in [0.29, 0.717) is 6.42 Å². The minimum Gasteiger partial charge on any atom is -0.383 e. The van der Waals surface area contributed by atoms with E-state index in [4.69, 9.17) is 12.6 Å². The predicted octanol–water partition coefficient (Wildman–Crippen LogP) is 1.23. The first-order valence-electron chi connectivity index (χ1n) is 3.96. The SMILES string of the molecule is [B][C@H]1C[C@@H](N[P+](=O)S)[C@@H](CC)O1. The summed E-state index contributed by atoms with van der Waals surface area (Å²) in [5.74, 6) is 0. The highest BCUT2D eigenvalue weighted by molar-refractivity contribution is 8.40. The molecule has 3 nitrogen and oxygen atoms in total. The van der Waals surface area contributed by atoms with E-state index in [1.165, 1.54) is 0 Å². The van der Waals surface area contributed by atoms with Gasteiger partial charge in [0.05, 0.1) is 12.1 Å². The molecule has 1 unspecified atom stereocenters. The fourth-order valence-corrected chi connectivity index (χ4v) is 2.44. The Bertz CT molecular complexity index is 183. The van der Waals surface area contributed by atoms with Crippen molar-refractivity contribution in [1.29, 1.82) is 0 Å². The Balaban J connectivity index is 2.46. The Kier molecular flexibility index (Phi) is 4.04. The zero-order valence-electron chi connectivity index (χ0n) is 6.93. The summed E-state index contributed by atoms with van der Waals surface area (Å²) in [6.07, 6.45) is 1.66. The van der Waals surface area contributed by atoms with Crippen LogP contribution in [0.1, 0.15) is 19.8 Å². The van der Waals surface area contributed by atoms with Crippen LogP contribution in [0.2, 0.25) is 0 Å². The van der Waals surface area contributed by atoms with Crippen molar-refractivity contribution < 1.29 is 9.30 Å². The van der Waals surface area contributed by atoms with Crippen molar-refractivity contribution in [2.45, 2.75) is 37.9 Å². The van der Waals surface area contributed by atoms with E-state index in [1.54, 1.807) is 0 Å². The van der Waals surface area contributed by atoms with Crippen LogP contribution in [0.15, 0.2) is 0 Å². The molecular weight excluding hydrogens is 192 g/mol. The molecule has 6 heteroatoms. The third-order valence-corrected chi connectivity index (χ3v) is 2.86. The van der Waals surface area contributed by atoms with Crippen LogP contribution in [-0.4, -0.2) is 26.0 Å². The van der Waals surface area contributed by atoms with Gasteiger partial charge in [0.1, 0.15) is 20.1 Å². The Hall–Kier alpha value is 0.435. The quantitative estimate of drug-likeness (QED) is 0.412. The van der Waals surface area contributed by atoms with Gasteiger partial charge in [0.15, 0.2) is 0 Å². The molecule has 0 aromatic carbocycles. The summed E-state index contributed by atoms with van der Waals surface area (Å²) in [5.41, 5.74) is 0. The number of thiol groups is 1. The predicted molar refractivity (Wildman–Crippen MR) is 52.8 cm³/mol. The second kappa shape index (κ2) is 4.61. The third-order valence-electron chi connectivity index (χ3n) is 1.96. The maximum absolute atomic E-state index is 10.8. The van der Waals surface area contributed by atoms with Gasteiger partial charge in [0.2, 0.25) is 0 Å². The third kappa shape index (κ3) is 2.73. The minimum atomic E-state index is -1.60. The average molecular weight is 204 g/mol. The highest BCUT2D eigenvalue weighted by atomic mass is 32.7. The smallest absolute Gasteiger partial charge is 0.383 e. The summed E-state index contributed by atoms with van der Waals surface area (Å²) in [6.45, 7) is 2.02. The topological polar surface area (TPSA) is 38.3 Å². The van der Waals surface area contributed by atoms with Crippen LogP contribution >= 0.6 is 19.4 Å². The summed E-state index contributed by atoms with van der Waals surface area (Å²) in [5, 5.41) is 2.84. The normalized spacial score (nSPS) is 36.8. The summed E-state index contributed by atoms with van der Waals surface area (Å²) in [4.78, 5) is 0. The molecule has 4 atom stereocenters. The van der Waals surface area contributed by atoms with Gasteiger partial charge in [-0.15, -0.1) is 0 Å². The molecule has 0 aromatic heterocycles. The van der Waals surface area contributed by atoms with E-state index in [-0.39, 0.29) is 18.1 Å². The van der Waals surface area contributed by atoms with Gasteiger partial charge in [-0.25, -0.2) is 0 Å². The zero-order chi connectivity index (χ0) is 9.14. The van der Waals surface area contributed by atoms with Gasteiger partial charge in [-0.3, -0.25) is 0 Å². The van der Waals surface area contributed by atoms with Crippen LogP contribution in [-0.2, 0) is 9.30 Å². The maximum atomic E-state index is 10.8. The fraction of sp³-hybridized carbons (Fsp3) is 1.00. The molecule has 1 rings (SSSR count). The average Bonchev–Trinajstić information content (AvgIpc) is 2.29. The highest BCUT2D eigenvalue weighted by Gasteiger charge is 2.35. The van der Waals surface area contributed by atoms with Crippen molar-refractivity contribution in [3.63, 3.8) is 0 Å². The molecule has 0 aliphatic carbocycles. The molecular formula is C6H12BNO2PS+. The van der Waals surface area contributed by atoms with Gasteiger partial charge in [0.25, 0.3) is 0 Å². The first kappa shape index (κ1) is 10.5. The van der Waals surface area contributed by atoms with Crippen LogP contribution in [0.5, 0.6) is 0 Å². The van der Waals surface area contributed by atoms with Crippen molar-refractivity contribution in [3.8, 4) is 0 Å². The van der Waals surface area contributed by atoms with Crippen LogP contribution in [0.3, 0.4) is 0 Å². The molecule has 1 aliphatic heterocycles. The largest absolute Gasteiger partial charge is 0.504 e. The number of hydrogen-bond donors (Lipinski definition) is 2. The standard InChI is InChI=1S/C6H11BNO2PS/c1-2-5-4(8-11(9)12)3-6(7)10-5/h4-6H,2-3H2,1H3,(H-,8,9,12)/p+1/t4-,5-,6-/m1/s1. The molecule has 66 valence electrons. The van der Waals surface area contributed by atoms with Crippen molar-refractivity contribution in [3.05, 3.63) is 0 Å². The maximum Gasteiger partial charge on any atom is 0.504 e. The molecule has 0 spiro atoms. The highest BCUT2D eigenvalue weighted by Crippen LogP contribution is 2.28. The summed E-state index contributed by atoms with van der Waals surface area (Å²) in [7, 11) is 3.98. The van der Waals surface area contributed by atoms with Gasteiger partial charge in [0, 0.05) is 6.00 Å². The van der Waals surface area contributed by atoms with Crippen LogP contribution in [0.4, 0.5) is 0 Å². The first-order chi connectivity index (χ1) is 5.63. The molecule has 12 heavy (non-hydrogen) atoms. The van der Waals surface area contributed by atoms with Crippen molar-refractivity contribution in [1.82, 2.24) is 5.09 Å². The molecule has 0 saturated carbocycles. The van der Waals surface area contributed by atoms with Crippen molar-refractivity contribution in [2.75, 3.05) is 0 Å². The number of hydrogen-bond acceptors (Lipinski definition) is 2. The lowest BCUT2D eigenvalue weighted by Crippen LogP contribution is -2.30. The summed E-state index contributed by atoms with van der Waals surface area (Å²) < 4.78 is 16.1. The zero-order valence-corrected chi connectivity index (χ0v) is 8.72. The molecule has 0 aromatic rings.